The second-order valence-corrected chi connectivity index (χ2v) is 5.38. The van der Waals surface area contributed by atoms with Crippen LogP contribution in [0.15, 0.2) is 6.07 Å². The topological polar surface area (TPSA) is 49.3 Å². The van der Waals surface area contributed by atoms with E-state index in [1.807, 2.05) is 17.9 Å². The minimum absolute atomic E-state index is 0.146. The van der Waals surface area contributed by atoms with Crippen LogP contribution >= 0.6 is 0 Å². The number of piperazine rings is 1. The van der Waals surface area contributed by atoms with E-state index in [1.165, 1.54) is 0 Å². The van der Waals surface area contributed by atoms with Crippen molar-refractivity contribution in [3.8, 4) is 0 Å². The Bertz CT molecular complexity index is 465. The number of aryl methyl sites for hydroxylation is 1. The maximum atomic E-state index is 11.3. The normalized spacial score (nSPS) is 16.1. The molecule has 2 heterocycles. The standard InChI is InChI=1S/C14H22N4O/c1-10(2)13-9-11(3)15-14(16-13)18-7-5-17(6-8-18)12(4)19/h9-10H,5-8H2,1-4H3. The van der Waals surface area contributed by atoms with Gasteiger partial charge in [-0.1, -0.05) is 13.8 Å². The molecule has 0 aliphatic carbocycles. The van der Waals surface area contributed by atoms with Gasteiger partial charge in [-0.05, 0) is 18.9 Å². The summed E-state index contributed by atoms with van der Waals surface area (Å²) in [6.45, 7) is 11.0. The Hall–Kier alpha value is -1.65. The van der Waals surface area contributed by atoms with E-state index in [4.69, 9.17) is 0 Å². The zero-order chi connectivity index (χ0) is 14.0. The Morgan fingerprint density at radius 3 is 2.37 bits per heavy atom. The molecule has 0 N–H and O–H groups in total. The monoisotopic (exact) mass is 262 g/mol. The second kappa shape index (κ2) is 5.55. The predicted molar refractivity (Wildman–Crippen MR) is 75.3 cm³/mol. The van der Waals surface area contributed by atoms with Crippen molar-refractivity contribution in [1.82, 2.24) is 14.9 Å². The molecule has 1 fully saturated rings. The zero-order valence-corrected chi connectivity index (χ0v) is 12.2. The van der Waals surface area contributed by atoms with Gasteiger partial charge in [0.15, 0.2) is 0 Å². The second-order valence-electron chi connectivity index (χ2n) is 5.38. The minimum Gasteiger partial charge on any atom is -0.339 e. The Balaban J connectivity index is 2.13. The molecule has 0 unspecified atom stereocenters. The van der Waals surface area contributed by atoms with E-state index in [0.717, 1.165) is 43.5 Å². The lowest BCUT2D eigenvalue weighted by atomic mass is 10.1. The maximum Gasteiger partial charge on any atom is 0.225 e. The number of aromatic nitrogens is 2. The van der Waals surface area contributed by atoms with Crippen LogP contribution < -0.4 is 4.90 Å². The molecule has 1 saturated heterocycles. The SMILES string of the molecule is CC(=O)N1CCN(c2nc(C)cc(C(C)C)n2)CC1. The Kier molecular flexibility index (Phi) is 4.02. The van der Waals surface area contributed by atoms with Crippen molar-refractivity contribution >= 4 is 11.9 Å². The Morgan fingerprint density at radius 2 is 1.84 bits per heavy atom. The third kappa shape index (κ3) is 3.22. The zero-order valence-electron chi connectivity index (χ0n) is 12.2. The van der Waals surface area contributed by atoms with Gasteiger partial charge in [0.25, 0.3) is 0 Å². The van der Waals surface area contributed by atoms with Crippen molar-refractivity contribution in [2.45, 2.75) is 33.6 Å². The number of carbonyl (C=O) groups is 1. The average molecular weight is 262 g/mol. The van der Waals surface area contributed by atoms with Gasteiger partial charge >= 0.3 is 0 Å². The number of amides is 1. The lowest BCUT2D eigenvalue weighted by Crippen LogP contribution is -2.48. The predicted octanol–water partition coefficient (Wildman–Crippen LogP) is 1.58. The number of hydrogen-bond acceptors (Lipinski definition) is 4. The summed E-state index contributed by atoms with van der Waals surface area (Å²) in [5.74, 6) is 1.35. The molecule has 19 heavy (non-hydrogen) atoms. The highest BCUT2D eigenvalue weighted by molar-refractivity contribution is 5.73. The van der Waals surface area contributed by atoms with Crippen LogP contribution in [0.1, 0.15) is 38.1 Å². The molecule has 5 heteroatoms. The van der Waals surface area contributed by atoms with Crippen LogP contribution in [0.4, 0.5) is 5.95 Å². The summed E-state index contributed by atoms with van der Waals surface area (Å²) < 4.78 is 0. The molecule has 2 rings (SSSR count). The van der Waals surface area contributed by atoms with Crippen molar-refractivity contribution < 1.29 is 4.79 Å². The summed E-state index contributed by atoms with van der Waals surface area (Å²) in [5, 5.41) is 0. The summed E-state index contributed by atoms with van der Waals surface area (Å²) in [6.07, 6.45) is 0. The first-order valence-electron chi connectivity index (χ1n) is 6.83. The maximum absolute atomic E-state index is 11.3. The molecule has 0 aromatic carbocycles. The largest absolute Gasteiger partial charge is 0.339 e. The van der Waals surface area contributed by atoms with Gasteiger partial charge in [0.2, 0.25) is 11.9 Å². The summed E-state index contributed by atoms with van der Waals surface area (Å²) in [7, 11) is 0. The van der Waals surface area contributed by atoms with E-state index < -0.39 is 0 Å². The van der Waals surface area contributed by atoms with E-state index in [2.05, 4.69) is 28.7 Å². The molecule has 0 radical (unpaired) electrons. The molecule has 1 aliphatic heterocycles. The van der Waals surface area contributed by atoms with Crippen LogP contribution in [0.2, 0.25) is 0 Å². The van der Waals surface area contributed by atoms with Crippen molar-refractivity contribution in [3.05, 3.63) is 17.5 Å². The van der Waals surface area contributed by atoms with Gasteiger partial charge in [0.05, 0.1) is 0 Å². The van der Waals surface area contributed by atoms with Crippen LogP contribution in [0.5, 0.6) is 0 Å². The van der Waals surface area contributed by atoms with E-state index in [9.17, 15) is 4.79 Å². The van der Waals surface area contributed by atoms with Gasteiger partial charge in [-0.3, -0.25) is 4.79 Å². The number of rotatable bonds is 2. The number of anilines is 1. The van der Waals surface area contributed by atoms with Crippen LogP contribution in [0, 0.1) is 6.92 Å². The molecule has 0 spiro atoms. The van der Waals surface area contributed by atoms with Crippen molar-refractivity contribution in [3.63, 3.8) is 0 Å². The Morgan fingerprint density at radius 1 is 1.21 bits per heavy atom. The van der Waals surface area contributed by atoms with Crippen LogP contribution in [-0.4, -0.2) is 47.0 Å². The summed E-state index contributed by atoms with van der Waals surface area (Å²) in [5.41, 5.74) is 2.08. The first kappa shape index (κ1) is 13.8. The van der Waals surface area contributed by atoms with E-state index in [-0.39, 0.29) is 5.91 Å². The molecule has 0 bridgehead atoms. The summed E-state index contributed by atoms with van der Waals surface area (Å²) in [4.78, 5) is 24.5. The molecule has 5 nitrogen and oxygen atoms in total. The minimum atomic E-state index is 0.146. The molecule has 1 aromatic heterocycles. The molecule has 104 valence electrons. The summed E-state index contributed by atoms with van der Waals surface area (Å²) in [6, 6.07) is 2.04. The molecular weight excluding hydrogens is 240 g/mol. The van der Waals surface area contributed by atoms with Crippen LogP contribution in [-0.2, 0) is 4.79 Å². The fraction of sp³-hybridized carbons (Fsp3) is 0.643. The first-order chi connectivity index (χ1) is 8.97. The van der Waals surface area contributed by atoms with Gasteiger partial charge < -0.3 is 9.80 Å². The Labute approximate surface area is 114 Å². The van der Waals surface area contributed by atoms with Gasteiger partial charge in [-0.25, -0.2) is 9.97 Å². The number of nitrogens with zero attached hydrogens (tertiary/aromatic N) is 4. The van der Waals surface area contributed by atoms with Crippen molar-refractivity contribution in [2.75, 3.05) is 31.1 Å². The number of hydrogen-bond donors (Lipinski definition) is 0. The lowest BCUT2D eigenvalue weighted by molar-refractivity contribution is -0.129. The van der Waals surface area contributed by atoms with E-state index >= 15 is 0 Å². The molecule has 1 aliphatic rings. The molecule has 0 saturated carbocycles. The molecule has 1 aromatic rings. The molecule has 1 amide bonds. The fourth-order valence-corrected chi connectivity index (χ4v) is 2.24. The van der Waals surface area contributed by atoms with E-state index in [0.29, 0.717) is 5.92 Å². The average Bonchev–Trinajstić information content (AvgIpc) is 2.38. The third-order valence-corrected chi connectivity index (χ3v) is 3.46. The van der Waals surface area contributed by atoms with Gasteiger partial charge in [0.1, 0.15) is 0 Å². The molecular formula is C14H22N4O. The highest BCUT2D eigenvalue weighted by Gasteiger charge is 2.21. The quantitative estimate of drug-likeness (QED) is 0.812. The highest BCUT2D eigenvalue weighted by atomic mass is 16.2. The highest BCUT2D eigenvalue weighted by Crippen LogP contribution is 2.18. The van der Waals surface area contributed by atoms with Crippen molar-refractivity contribution in [1.29, 1.82) is 0 Å². The van der Waals surface area contributed by atoms with Crippen LogP contribution in [0.25, 0.3) is 0 Å². The first-order valence-corrected chi connectivity index (χ1v) is 6.83. The smallest absolute Gasteiger partial charge is 0.225 e. The fourth-order valence-electron chi connectivity index (χ4n) is 2.24. The third-order valence-electron chi connectivity index (χ3n) is 3.46. The lowest BCUT2D eigenvalue weighted by Gasteiger charge is -2.34. The van der Waals surface area contributed by atoms with Crippen molar-refractivity contribution in [2.24, 2.45) is 0 Å². The van der Waals surface area contributed by atoms with Gasteiger partial charge in [-0.2, -0.15) is 0 Å². The van der Waals surface area contributed by atoms with Crippen LogP contribution in [0.3, 0.4) is 0 Å². The van der Waals surface area contributed by atoms with E-state index in [1.54, 1.807) is 6.92 Å². The number of carbonyl (C=O) groups excluding carboxylic acids is 1. The van der Waals surface area contributed by atoms with Gasteiger partial charge in [0, 0.05) is 44.5 Å². The summed E-state index contributed by atoms with van der Waals surface area (Å²) >= 11 is 0. The molecule has 0 atom stereocenters. The van der Waals surface area contributed by atoms with Gasteiger partial charge in [-0.15, -0.1) is 0 Å².